The van der Waals surface area contributed by atoms with Crippen LogP contribution in [0.1, 0.15) is 24.0 Å². The highest BCUT2D eigenvalue weighted by Crippen LogP contribution is 2.33. The number of fused-ring (bicyclic) bond motifs is 3. The van der Waals surface area contributed by atoms with Crippen LogP contribution in [0.25, 0.3) is 21.9 Å². The Morgan fingerprint density at radius 3 is 2.65 bits per heavy atom. The molecule has 7 heteroatoms. The molecule has 2 aromatic carbocycles. The van der Waals surface area contributed by atoms with Gasteiger partial charge >= 0.3 is 0 Å². The number of methoxy groups -OCH3 is 1. The van der Waals surface area contributed by atoms with Gasteiger partial charge in [-0.3, -0.25) is 4.90 Å². The number of para-hydroxylation sites is 1. The maximum Gasteiger partial charge on any atom is 0.169 e. The van der Waals surface area contributed by atoms with Crippen LogP contribution in [0.4, 0.5) is 5.82 Å². The van der Waals surface area contributed by atoms with E-state index in [1.807, 2.05) is 24.5 Å². The lowest BCUT2D eigenvalue weighted by atomic mass is 10.1. The number of ether oxygens (including phenoxy) is 1. The van der Waals surface area contributed by atoms with Crippen molar-refractivity contribution in [3.8, 4) is 5.75 Å². The molecule has 2 aromatic heterocycles. The first kappa shape index (κ1) is 20.2. The Kier molecular flexibility index (Phi) is 5.46. The van der Waals surface area contributed by atoms with Gasteiger partial charge in [0.15, 0.2) is 11.0 Å². The lowest BCUT2D eigenvalue weighted by Crippen LogP contribution is -2.18. The number of nitrogens with two attached hydrogens (primary N) is 1. The molecule has 0 bridgehead atoms. The quantitative estimate of drug-likeness (QED) is 0.450. The average molecular weight is 434 g/mol. The maximum absolute atomic E-state index is 6.28. The molecule has 0 aliphatic carbocycles. The number of nitrogens with zero attached hydrogens (tertiary/aromatic N) is 4. The van der Waals surface area contributed by atoms with Crippen LogP contribution in [0.15, 0.2) is 47.6 Å². The topological polar surface area (TPSA) is 69.2 Å². The van der Waals surface area contributed by atoms with E-state index in [1.165, 1.54) is 37.1 Å². The Balaban J connectivity index is 1.57. The Morgan fingerprint density at radius 2 is 1.87 bits per heavy atom. The number of rotatable bonds is 6. The van der Waals surface area contributed by atoms with Gasteiger partial charge in [0.25, 0.3) is 0 Å². The number of imidazole rings is 1. The number of thioether (sulfide) groups is 1. The van der Waals surface area contributed by atoms with Crippen LogP contribution in [0.5, 0.6) is 5.75 Å². The summed E-state index contributed by atoms with van der Waals surface area (Å²) in [5.74, 6) is 1.42. The van der Waals surface area contributed by atoms with Gasteiger partial charge in [-0.2, -0.15) is 0 Å². The van der Waals surface area contributed by atoms with Crippen molar-refractivity contribution in [2.75, 3.05) is 32.2 Å². The third-order valence-electron chi connectivity index (χ3n) is 6.04. The minimum absolute atomic E-state index is 0.473. The summed E-state index contributed by atoms with van der Waals surface area (Å²) in [6, 6.07) is 14.7. The predicted molar refractivity (Wildman–Crippen MR) is 128 cm³/mol. The van der Waals surface area contributed by atoms with E-state index in [4.69, 9.17) is 15.5 Å². The molecule has 0 saturated carbocycles. The number of anilines is 1. The minimum Gasteiger partial charge on any atom is -0.496 e. The van der Waals surface area contributed by atoms with E-state index in [0.717, 1.165) is 39.4 Å². The molecule has 1 fully saturated rings. The summed E-state index contributed by atoms with van der Waals surface area (Å²) in [7, 11) is 1.76. The molecular formula is C24H27N5OS. The van der Waals surface area contributed by atoms with E-state index >= 15 is 0 Å². The Bertz CT molecular complexity index is 1250. The van der Waals surface area contributed by atoms with Crippen molar-refractivity contribution >= 4 is 39.5 Å². The summed E-state index contributed by atoms with van der Waals surface area (Å²) in [6.45, 7) is 3.98. The van der Waals surface area contributed by atoms with E-state index in [0.29, 0.717) is 12.4 Å². The van der Waals surface area contributed by atoms with Crippen molar-refractivity contribution in [2.24, 2.45) is 0 Å². The smallest absolute Gasteiger partial charge is 0.169 e. The molecule has 1 aliphatic rings. The molecule has 3 heterocycles. The van der Waals surface area contributed by atoms with Crippen molar-refractivity contribution in [1.82, 2.24) is 19.4 Å². The molecule has 0 atom stereocenters. The van der Waals surface area contributed by atoms with Crippen LogP contribution in [0.3, 0.4) is 0 Å². The second-order valence-corrected chi connectivity index (χ2v) is 8.80. The van der Waals surface area contributed by atoms with Crippen LogP contribution in [0.2, 0.25) is 0 Å². The third kappa shape index (κ3) is 3.72. The van der Waals surface area contributed by atoms with Gasteiger partial charge in [-0.05, 0) is 49.9 Å². The van der Waals surface area contributed by atoms with Crippen LogP contribution in [-0.2, 0) is 13.1 Å². The van der Waals surface area contributed by atoms with Gasteiger partial charge in [-0.1, -0.05) is 42.1 Å². The standard InChI is InChI=1S/C24H27N5OS/c1-30-20-13-16(9-10-17(20)15-28-11-5-6-12-28)14-29-22-18-7-3-4-8-19(18)26-23(25)21(22)27-24(29)31-2/h3-4,7-10,13H,5-6,11-12,14-15H2,1-2H3,(H2,25,26). The maximum atomic E-state index is 6.28. The summed E-state index contributed by atoms with van der Waals surface area (Å²) >= 11 is 1.62. The van der Waals surface area contributed by atoms with Gasteiger partial charge in [-0.25, -0.2) is 9.97 Å². The number of nitrogen functional groups attached to an aromatic ring is 1. The highest BCUT2D eigenvalue weighted by molar-refractivity contribution is 7.98. The number of hydrogen-bond donors (Lipinski definition) is 1. The summed E-state index contributed by atoms with van der Waals surface area (Å²) < 4.78 is 8.01. The summed E-state index contributed by atoms with van der Waals surface area (Å²) in [5, 5.41) is 2.00. The monoisotopic (exact) mass is 433 g/mol. The predicted octanol–water partition coefficient (Wildman–Crippen LogP) is 4.54. The molecule has 1 saturated heterocycles. The summed E-state index contributed by atoms with van der Waals surface area (Å²) in [5.41, 5.74) is 11.4. The fraction of sp³-hybridized carbons (Fsp3) is 0.333. The van der Waals surface area contributed by atoms with Crippen LogP contribution >= 0.6 is 11.8 Å². The third-order valence-corrected chi connectivity index (χ3v) is 6.72. The first-order valence-corrected chi connectivity index (χ1v) is 11.9. The number of hydrogen-bond acceptors (Lipinski definition) is 6. The number of likely N-dealkylation sites (tertiary alicyclic amines) is 1. The molecule has 6 nitrogen and oxygen atoms in total. The largest absolute Gasteiger partial charge is 0.496 e. The molecule has 1 aliphatic heterocycles. The van der Waals surface area contributed by atoms with E-state index < -0.39 is 0 Å². The van der Waals surface area contributed by atoms with Crippen molar-refractivity contribution in [3.63, 3.8) is 0 Å². The zero-order valence-corrected chi connectivity index (χ0v) is 18.8. The molecular weight excluding hydrogens is 406 g/mol. The SMILES string of the molecule is COc1cc(Cn2c(SC)nc3c(N)nc4ccccc4c32)ccc1CN1CCCC1. The van der Waals surface area contributed by atoms with E-state index in [-0.39, 0.29) is 0 Å². The molecule has 0 radical (unpaired) electrons. The molecule has 4 aromatic rings. The van der Waals surface area contributed by atoms with E-state index in [1.54, 1.807) is 18.9 Å². The lowest BCUT2D eigenvalue weighted by molar-refractivity contribution is 0.321. The Hall–Kier alpha value is -2.77. The molecule has 0 spiro atoms. The van der Waals surface area contributed by atoms with E-state index in [2.05, 4.69) is 38.7 Å². The van der Waals surface area contributed by atoms with Crippen molar-refractivity contribution in [2.45, 2.75) is 31.1 Å². The first-order chi connectivity index (χ1) is 15.2. The average Bonchev–Trinajstić information content (AvgIpc) is 3.43. The van der Waals surface area contributed by atoms with Gasteiger partial charge in [0.1, 0.15) is 11.3 Å². The molecule has 5 rings (SSSR count). The Labute approximate surface area is 186 Å². The highest BCUT2D eigenvalue weighted by atomic mass is 32.2. The van der Waals surface area contributed by atoms with Crippen LogP contribution < -0.4 is 10.5 Å². The Morgan fingerprint density at radius 1 is 1.06 bits per heavy atom. The summed E-state index contributed by atoms with van der Waals surface area (Å²) in [6.07, 6.45) is 4.62. The van der Waals surface area contributed by atoms with Gasteiger partial charge in [-0.15, -0.1) is 0 Å². The summed E-state index contributed by atoms with van der Waals surface area (Å²) in [4.78, 5) is 11.9. The normalized spacial score (nSPS) is 14.6. The van der Waals surface area contributed by atoms with Gasteiger partial charge < -0.3 is 15.0 Å². The fourth-order valence-corrected chi connectivity index (χ4v) is 5.08. The van der Waals surface area contributed by atoms with Crippen molar-refractivity contribution < 1.29 is 4.74 Å². The zero-order valence-electron chi connectivity index (χ0n) is 18.0. The highest BCUT2D eigenvalue weighted by Gasteiger charge is 2.18. The second-order valence-electron chi connectivity index (χ2n) is 8.03. The lowest BCUT2D eigenvalue weighted by Gasteiger charge is -2.18. The van der Waals surface area contributed by atoms with Gasteiger partial charge in [0.05, 0.1) is 24.7 Å². The van der Waals surface area contributed by atoms with Gasteiger partial charge in [0, 0.05) is 17.5 Å². The van der Waals surface area contributed by atoms with Gasteiger partial charge in [0.2, 0.25) is 0 Å². The second kappa shape index (κ2) is 8.40. The molecule has 2 N–H and O–H groups in total. The van der Waals surface area contributed by atoms with Crippen LogP contribution in [0, 0.1) is 0 Å². The number of pyridine rings is 1. The number of benzene rings is 2. The zero-order chi connectivity index (χ0) is 21.4. The molecule has 160 valence electrons. The molecule has 0 amide bonds. The fourth-order valence-electron chi connectivity index (χ4n) is 4.52. The van der Waals surface area contributed by atoms with Crippen molar-refractivity contribution in [3.05, 3.63) is 53.6 Å². The minimum atomic E-state index is 0.473. The number of aromatic nitrogens is 3. The molecule has 0 unspecified atom stereocenters. The van der Waals surface area contributed by atoms with Crippen molar-refractivity contribution in [1.29, 1.82) is 0 Å². The van der Waals surface area contributed by atoms with E-state index in [9.17, 15) is 0 Å². The molecule has 31 heavy (non-hydrogen) atoms. The van der Waals surface area contributed by atoms with Crippen LogP contribution in [-0.4, -0.2) is 45.9 Å². The first-order valence-electron chi connectivity index (χ1n) is 10.6.